The summed E-state index contributed by atoms with van der Waals surface area (Å²) in [6.07, 6.45) is 6.59. The lowest BCUT2D eigenvalue weighted by Gasteiger charge is -2.03. The van der Waals surface area contributed by atoms with Crippen molar-refractivity contribution in [2.24, 2.45) is 0 Å². The summed E-state index contributed by atoms with van der Waals surface area (Å²) in [5, 5.41) is 25.5. The third-order valence-electron chi connectivity index (χ3n) is 4.87. The molecule has 2 aromatic carbocycles. The minimum atomic E-state index is -0.412. The van der Waals surface area contributed by atoms with Crippen LogP contribution in [0.4, 0.5) is 0 Å². The smallest absolute Gasteiger partial charge is 0.243 e. The molecule has 0 saturated carbocycles. The zero-order valence-electron chi connectivity index (χ0n) is 15.1. The highest BCUT2D eigenvalue weighted by Crippen LogP contribution is 2.34. The van der Waals surface area contributed by atoms with E-state index in [9.17, 15) is 20.2 Å². The van der Waals surface area contributed by atoms with Crippen LogP contribution in [-0.4, -0.2) is 19.8 Å². The van der Waals surface area contributed by atoms with E-state index in [-0.39, 0.29) is 11.4 Å². The summed E-state index contributed by atoms with van der Waals surface area (Å²) < 4.78 is 0. The van der Waals surface area contributed by atoms with Crippen molar-refractivity contribution >= 4 is 44.7 Å². The van der Waals surface area contributed by atoms with Gasteiger partial charge in [-0.25, -0.2) is 0 Å². The van der Waals surface area contributed by atoms with Crippen LogP contribution in [0, 0.1) is 20.2 Å². The fourth-order valence-corrected chi connectivity index (χ4v) is 3.45. The summed E-state index contributed by atoms with van der Waals surface area (Å²) in [7, 11) is 0. The van der Waals surface area contributed by atoms with Crippen LogP contribution in [0.5, 0.6) is 0 Å². The van der Waals surface area contributed by atoms with Gasteiger partial charge < -0.3 is 9.97 Å². The number of allylic oxidation sites excluding steroid dienone is 2. The van der Waals surface area contributed by atoms with Crippen molar-refractivity contribution in [1.29, 1.82) is 0 Å². The van der Waals surface area contributed by atoms with E-state index in [1.807, 2.05) is 24.3 Å². The Hall–Kier alpha value is -3.94. The SMILES string of the molecule is C/C(=C/c1c[nH]c2c1ccc1c2ccc2c(/C=C(/C)[N+](=O)[O-])c[nH]c21)[N+](=O)[O-]. The van der Waals surface area contributed by atoms with Crippen molar-refractivity contribution in [2.45, 2.75) is 13.8 Å². The van der Waals surface area contributed by atoms with Crippen LogP contribution in [0.1, 0.15) is 25.0 Å². The average molecular weight is 376 g/mol. The number of hydrogen-bond donors (Lipinski definition) is 2. The van der Waals surface area contributed by atoms with Gasteiger partial charge in [0.25, 0.3) is 0 Å². The Morgan fingerprint density at radius 1 is 0.750 bits per heavy atom. The molecule has 0 aliphatic carbocycles. The highest BCUT2D eigenvalue weighted by Gasteiger charge is 2.13. The van der Waals surface area contributed by atoms with Gasteiger partial charge in [0.2, 0.25) is 11.4 Å². The van der Waals surface area contributed by atoms with Gasteiger partial charge in [0.05, 0.1) is 20.9 Å². The van der Waals surface area contributed by atoms with Crippen LogP contribution < -0.4 is 0 Å². The van der Waals surface area contributed by atoms with Gasteiger partial charge in [0.1, 0.15) is 0 Å². The molecule has 0 aliphatic heterocycles. The van der Waals surface area contributed by atoms with E-state index in [0.717, 1.165) is 43.7 Å². The number of H-pyrrole nitrogens is 2. The highest BCUT2D eigenvalue weighted by molar-refractivity contribution is 6.17. The zero-order valence-corrected chi connectivity index (χ0v) is 15.1. The number of benzene rings is 2. The summed E-state index contributed by atoms with van der Waals surface area (Å²) in [5.74, 6) is 0. The number of nitro groups is 2. The molecule has 0 unspecified atom stereocenters. The van der Waals surface area contributed by atoms with Crippen molar-refractivity contribution in [3.8, 4) is 0 Å². The summed E-state index contributed by atoms with van der Waals surface area (Å²) in [5.41, 5.74) is 3.41. The lowest BCUT2D eigenvalue weighted by molar-refractivity contribution is -0.422. The first-order valence-corrected chi connectivity index (χ1v) is 8.56. The average Bonchev–Trinajstić information content (AvgIpc) is 3.25. The maximum absolute atomic E-state index is 10.9. The Bertz CT molecular complexity index is 1240. The summed E-state index contributed by atoms with van der Waals surface area (Å²) >= 11 is 0. The number of fused-ring (bicyclic) bond motifs is 5. The largest absolute Gasteiger partial charge is 0.360 e. The molecule has 0 atom stereocenters. The maximum Gasteiger partial charge on any atom is 0.243 e. The first-order valence-electron chi connectivity index (χ1n) is 8.56. The summed E-state index contributed by atoms with van der Waals surface area (Å²) in [6, 6.07) is 7.75. The molecule has 8 heteroatoms. The topological polar surface area (TPSA) is 118 Å². The van der Waals surface area contributed by atoms with E-state index >= 15 is 0 Å². The Kier molecular flexibility index (Phi) is 3.96. The molecule has 0 radical (unpaired) electrons. The summed E-state index contributed by atoms with van der Waals surface area (Å²) in [6.45, 7) is 2.93. The van der Waals surface area contributed by atoms with Crippen molar-refractivity contribution in [1.82, 2.24) is 9.97 Å². The van der Waals surface area contributed by atoms with Crippen molar-refractivity contribution in [3.05, 3.63) is 79.4 Å². The molecule has 0 spiro atoms. The molecule has 0 bridgehead atoms. The van der Waals surface area contributed by atoms with Gasteiger partial charge in [0, 0.05) is 71.1 Å². The number of aromatic nitrogens is 2. The molecule has 28 heavy (non-hydrogen) atoms. The van der Waals surface area contributed by atoms with Crippen LogP contribution in [0.25, 0.3) is 44.7 Å². The molecule has 2 heterocycles. The van der Waals surface area contributed by atoms with Crippen molar-refractivity contribution in [3.63, 3.8) is 0 Å². The number of aromatic amines is 2. The molecule has 4 aromatic rings. The zero-order chi connectivity index (χ0) is 20.0. The second kappa shape index (κ2) is 6.34. The lowest BCUT2D eigenvalue weighted by Crippen LogP contribution is -1.92. The second-order valence-corrected chi connectivity index (χ2v) is 6.65. The number of hydrogen-bond acceptors (Lipinski definition) is 4. The quantitative estimate of drug-likeness (QED) is 0.381. The first kappa shape index (κ1) is 17.5. The molecule has 0 amide bonds. The first-order chi connectivity index (χ1) is 13.4. The van der Waals surface area contributed by atoms with Gasteiger partial charge in [-0.3, -0.25) is 20.2 Å². The minimum Gasteiger partial charge on any atom is -0.360 e. The van der Waals surface area contributed by atoms with E-state index in [0.29, 0.717) is 0 Å². The van der Waals surface area contributed by atoms with Crippen LogP contribution in [-0.2, 0) is 0 Å². The maximum atomic E-state index is 10.9. The van der Waals surface area contributed by atoms with Gasteiger partial charge in [-0.05, 0) is 0 Å². The second-order valence-electron chi connectivity index (χ2n) is 6.65. The normalized spacial score (nSPS) is 12.9. The summed E-state index contributed by atoms with van der Waals surface area (Å²) in [4.78, 5) is 27.4. The van der Waals surface area contributed by atoms with Crippen LogP contribution in [0.3, 0.4) is 0 Å². The van der Waals surface area contributed by atoms with E-state index in [4.69, 9.17) is 0 Å². The Balaban J connectivity index is 1.93. The van der Waals surface area contributed by atoms with E-state index in [2.05, 4.69) is 9.97 Å². The third-order valence-corrected chi connectivity index (χ3v) is 4.87. The molecule has 2 N–H and O–H groups in total. The number of rotatable bonds is 4. The minimum absolute atomic E-state index is 0.0680. The van der Waals surface area contributed by atoms with Gasteiger partial charge in [-0.15, -0.1) is 0 Å². The van der Waals surface area contributed by atoms with Gasteiger partial charge in [-0.1, -0.05) is 24.3 Å². The van der Waals surface area contributed by atoms with E-state index in [1.165, 1.54) is 13.8 Å². The highest BCUT2D eigenvalue weighted by atomic mass is 16.6. The molecule has 0 fully saturated rings. The molecule has 4 rings (SSSR count). The lowest BCUT2D eigenvalue weighted by atomic mass is 10.0. The number of nitrogens with zero attached hydrogens (tertiary/aromatic N) is 2. The van der Waals surface area contributed by atoms with Crippen LogP contribution in [0.2, 0.25) is 0 Å². The predicted molar refractivity (Wildman–Crippen MR) is 109 cm³/mol. The van der Waals surface area contributed by atoms with E-state index in [1.54, 1.807) is 24.5 Å². The van der Waals surface area contributed by atoms with E-state index < -0.39 is 9.85 Å². The molecule has 140 valence electrons. The van der Waals surface area contributed by atoms with Gasteiger partial charge in [0.15, 0.2) is 0 Å². The molecule has 0 saturated heterocycles. The van der Waals surface area contributed by atoms with Crippen molar-refractivity contribution < 1.29 is 9.85 Å². The van der Waals surface area contributed by atoms with Crippen LogP contribution in [0.15, 0.2) is 48.1 Å². The molecule has 2 aromatic heterocycles. The molecular formula is C20H16N4O4. The Labute approximate surface area is 158 Å². The molecular weight excluding hydrogens is 360 g/mol. The fourth-order valence-electron chi connectivity index (χ4n) is 3.45. The van der Waals surface area contributed by atoms with Gasteiger partial charge >= 0.3 is 0 Å². The Morgan fingerprint density at radius 3 is 1.46 bits per heavy atom. The molecule has 8 nitrogen and oxygen atoms in total. The monoisotopic (exact) mass is 376 g/mol. The Morgan fingerprint density at radius 2 is 1.11 bits per heavy atom. The standard InChI is InChI=1S/C20H16N4O4/c1-11(23(25)26)7-13-9-21-19-15(13)3-5-18-17(19)6-4-16-14(10-22-20(16)18)8-12(2)24(27)28/h3-10,21-22H,1-2H3/b11-7-,12-8-. The number of nitrogens with one attached hydrogen (secondary N) is 2. The van der Waals surface area contributed by atoms with Crippen molar-refractivity contribution in [2.75, 3.05) is 0 Å². The van der Waals surface area contributed by atoms with Crippen LogP contribution >= 0.6 is 0 Å². The third kappa shape index (κ3) is 2.71. The van der Waals surface area contributed by atoms with Gasteiger partial charge in [-0.2, -0.15) is 0 Å². The molecule has 0 aliphatic rings. The predicted octanol–water partition coefficient (Wildman–Crippen LogP) is 5.08. The fraction of sp³-hybridized carbons (Fsp3) is 0.100.